The number of thiophene rings is 1. The first-order valence-corrected chi connectivity index (χ1v) is 18.8. The van der Waals surface area contributed by atoms with E-state index in [1.165, 1.54) is 31.3 Å². The Bertz CT molecular complexity index is 3160. The molecule has 7 aromatic carbocycles. The quantitative estimate of drug-likeness (QED) is 0.179. The summed E-state index contributed by atoms with van der Waals surface area (Å²) in [6.07, 6.45) is 0. The number of benzene rings is 7. The average Bonchev–Trinajstić information content (AvgIpc) is 3.83. The number of hydrogen-bond donors (Lipinski definition) is 0. The van der Waals surface area contributed by atoms with Crippen molar-refractivity contribution >= 4 is 59.1 Å². The molecule has 0 saturated carbocycles. The zero-order chi connectivity index (χ0) is 35.6. The standard InChI is InChI=1S/C48H29N5S/c1-3-13-30(14-4-1)44-50-45(31-15-5-2-6-16-31)52-46(51-44)36-20-12-19-34(28-36)32-17-11-18-33(27-32)35-25-26-42-39(29-35)43-37-21-7-8-22-38(37)47-49-40-23-9-10-24-41(40)53(47)48(43)54-42/h1-29H. The van der Waals surface area contributed by atoms with Gasteiger partial charge in [0, 0.05) is 37.5 Å². The number of para-hydroxylation sites is 2. The second-order valence-electron chi connectivity index (χ2n) is 13.5. The van der Waals surface area contributed by atoms with Crippen LogP contribution in [0.5, 0.6) is 0 Å². The summed E-state index contributed by atoms with van der Waals surface area (Å²) in [5, 5.41) is 4.93. The van der Waals surface area contributed by atoms with Gasteiger partial charge in [-0.1, -0.05) is 140 Å². The maximum absolute atomic E-state index is 5.09. The first-order chi connectivity index (χ1) is 26.7. The van der Waals surface area contributed by atoms with Crippen LogP contribution in [-0.4, -0.2) is 24.3 Å². The first kappa shape index (κ1) is 30.6. The molecule has 252 valence electrons. The molecule has 4 aromatic heterocycles. The summed E-state index contributed by atoms with van der Waals surface area (Å²) in [4.78, 5) is 21.1. The molecule has 0 spiro atoms. The molecule has 6 heteroatoms. The highest BCUT2D eigenvalue weighted by atomic mass is 32.1. The summed E-state index contributed by atoms with van der Waals surface area (Å²) >= 11 is 1.83. The van der Waals surface area contributed by atoms with E-state index in [-0.39, 0.29) is 0 Å². The van der Waals surface area contributed by atoms with Crippen LogP contribution in [0.25, 0.3) is 104 Å². The maximum atomic E-state index is 5.09. The Morgan fingerprint density at radius 2 is 0.889 bits per heavy atom. The smallest absolute Gasteiger partial charge is 0.164 e. The Hall–Kier alpha value is -7.02. The Labute approximate surface area is 314 Å². The van der Waals surface area contributed by atoms with Gasteiger partial charge in [-0.25, -0.2) is 19.9 Å². The van der Waals surface area contributed by atoms with Gasteiger partial charge in [0.05, 0.1) is 11.0 Å². The highest BCUT2D eigenvalue weighted by molar-refractivity contribution is 7.25. The number of rotatable bonds is 5. The van der Waals surface area contributed by atoms with E-state index < -0.39 is 0 Å². The highest BCUT2D eigenvalue weighted by Gasteiger charge is 2.18. The fraction of sp³-hybridized carbons (Fsp3) is 0. The van der Waals surface area contributed by atoms with Crippen molar-refractivity contribution in [2.24, 2.45) is 0 Å². The number of hydrogen-bond acceptors (Lipinski definition) is 5. The van der Waals surface area contributed by atoms with Crippen molar-refractivity contribution in [1.82, 2.24) is 24.3 Å². The second-order valence-corrected chi connectivity index (χ2v) is 14.5. The van der Waals surface area contributed by atoms with Gasteiger partial charge in [-0.3, -0.25) is 4.40 Å². The van der Waals surface area contributed by atoms with Gasteiger partial charge < -0.3 is 0 Å². The van der Waals surface area contributed by atoms with E-state index in [2.05, 4.69) is 120 Å². The van der Waals surface area contributed by atoms with Crippen LogP contribution in [0.4, 0.5) is 0 Å². The van der Waals surface area contributed by atoms with Crippen LogP contribution in [0.2, 0.25) is 0 Å². The van der Waals surface area contributed by atoms with Gasteiger partial charge >= 0.3 is 0 Å². The van der Waals surface area contributed by atoms with Crippen molar-refractivity contribution in [3.05, 3.63) is 176 Å². The highest BCUT2D eigenvalue weighted by Crippen LogP contribution is 2.43. The minimum absolute atomic E-state index is 0.641. The van der Waals surface area contributed by atoms with Crippen LogP contribution in [-0.2, 0) is 0 Å². The van der Waals surface area contributed by atoms with E-state index >= 15 is 0 Å². The Kier molecular flexibility index (Phi) is 6.97. The molecule has 54 heavy (non-hydrogen) atoms. The number of aromatic nitrogens is 5. The molecule has 0 radical (unpaired) electrons. The molecule has 0 saturated heterocycles. The Morgan fingerprint density at radius 3 is 1.57 bits per heavy atom. The molecule has 0 aliphatic rings. The lowest BCUT2D eigenvalue weighted by atomic mass is 9.96. The van der Waals surface area contributed by atoms with Crippen LogP contribution in [0.3, 0.4) is 0 Å². The molecule has 0 fully saturated rings. The second kappa shape index (κ2) is 12.3. The lowest BCUT2D eigenvalue weighted by Crippen LogP contribution is -2.00. The van der Waals surface area contributed by atoms with E-state index in [9.17, 15) is 0 Å². The minimum atomic E-state index is 0.641. The van der Waals surface area contributed by atoms with Gasteiger partial charge in [-0.2, -0.15) is 0 Å². The molecular formula is C48H29N5S. The van der Waals surface area contributed by atoms with Gasteiger partial charge in [0.1, 0.15) is 10.5 Å². The molecule has 5 nitrogen and oxygen atoms in total. The molecule has 0 N–H and O–H groups in total. The topological polar surface area (TPSA) is 56.0 Å². The number of nitrogens with zero attached hydrogens (tertiary/aromatic N) is 5. The van der Waals surface area contributed by atoms with Gasteiger partial charge in [0.15, 0.2) is 17.5 Å². The molecule has 11 aromatic rings. The van der Waals surface area contributed by atoms with Gasteiger partial charge in [0.25, 0.3) is 0 Å². The van der Waals surface area contributed by atoms with Crippen LogP contribution < -0.4 is 0 Å². The van der Waals surface area contributed by atoms with Crippen LogP contribution in [0.1, 0.15) is 0 Å². The summed E-state index contributed by atoms with van der Waals surface area (Å²) in [6, 6.07) is 61.5. The van der Waals surface area contributed by atoms with Crippen molar-refractivity contribution in [3.8, 4) is 56.4 Å². The summed E-state index contributed by atoms with van der Waals surface area (Å²) in [6.45, 7) is 0. The zero-order valence-corrected chi connectivity index (χ0v) is 29.7. The van der Waals surface area contributed by atoms with E-state index in [1.54, 1.807) is 0 Å². The largest absolute Gasteiger partial charge is 0.283 e. The zero-order valence-electron chi connectivity index (χ0n) is 28.9. The van der Waals surface area contributed by atoms with Crippen LogP contribution >= 0.6 is 11.3 Å². The maximum Gasteiger partial charge on any atom is 0.164 e. The van der Waals surface area contributed by atoms with E-state index in [1.807, 2.05) is 72.0 Å². The fourth-order valence-corrected chi connectivity index (χ4v) is 8.86. The summed E-state index contributed by atoms with van der Waals surface area (Å²) in [7, 11) is 0. The monoisotopic (exact) mass is 707 g/mol. The van der Waals surface area contributed by atoms with Crippen molar-refractivity contribution in [2.75, 3.05) is 0 Å². The predicted molar refractivity (Wildman–Crippen MR) is 224 cm³/mol. The van der Waals surface area contributed by atoms with E-state index in [4.69, 9.17) is 19.9 Å². The fourth-order valence-electron chi connectivity index (χ4n) is 7.64. The molecular weight excluding hydrogens is 679 g/mol. The Balaban J connectivity index is 1.03. The SMILES string of the molecule is c1ccc(-c2nc(-c3ccccc3)nc(-c3cccc(-c4cccc(-c5ccc6sc7c(c6c5)c5ccccc5c5nc6ccccc6n57)c4)c3)n2)cc1. The molecule has 0 atom stereocenters. The molecule has 11 rings (SSSR count). The first-order valence-electron chi connectivity index (χ1n) is 18.0. The number of pyridine rings is 1. The third-order valence-corrected chi connectivity index (χ3v) is 11.4. The predicted octanol–water partition coefficient (Wildman–Crippen LogP) is 12.5. The average molecular weight is 708 g/mol. The summed E-state index contributed by atoms with van der Waals surface area (Å²) < 4.78 is 3.61. The summed E-state index contributed by atoms with van der Waals surface area (Å²) in [5.74, 6) is 1.94. The van der Waals surface area contributed by atoms with Crippen LogP contribution in [0, 0.1) is 0 Å². The van der Waals surface area contributed by atoms with Crippen molar-refractivity contribution in [1.29, 1.82) is 0 Å². The van der Waals surface area contributed by atoms with Gasteiger partial charge in [-0.15, -0.1) is 11.3 Å². The third-order valence-electron chi connectivity index (χ3n) is 10.2. The minimum Gasteiger partial charge on any atom is -0.283 e. The number of imidazole rings is 1. The lowest BCUT2D eigenvalue weighted by molar-refractivity contribution is 1.07. The Morgan fingerprint density at radius 1 is 0.370 bits per heavy atom. The summed E-state index contributed by atoms with van der Waals surface area (Å²) in [5.41, 5.74) is 10.6. The van der Waals surface area contributed by atoms with Gasteiger partial charge in [-0.05, 0) is 64.0 Å². The van der Waals surface area contributed by atoms with Gasteiger partial charge in [0.2, 0.25) is 0 Å². The van der Waals surface area contributed by atoms with E-state index in [0.717, 1.165) is 55.4 Å². The van der Waals surface area contributed by atoms with E-state index in [0.29, 0.717) is 17.5 Å². The normalized spacial score (nSPS) is 11.7. The number of fused-ring (bicyclic) bond motifs is 10. The van der Waals surface area contributed by atoms with Crippen molar-refractivity contribution in [3.63, 3.8) is 0 Å². The molecule has 0 bridgehead atoms. The lowest BCUT2D eigenvalue weighted by Gasteiger charge is -2.10. The molecule has 0 aliphatic heterocycles. The third kappa shape index (κ3) is 4.99. The van der Waals surface area contributed by atoms with Crippen molar-refractivity contribution < 1.29 is 0 Å². The van der Waals surface area contributed by atoms with Crippen LogP contribution in [0.15, 0.2) is 176 Å². The molecule has 0 amide bonds. The molecule has 4 heterocycles. The molecule has 0 unspecified atom stereocenters. The van der Waals surface area contributed by atoms with Crippen molar-refractivity contribution in [2.45, 2.75) is 0 Å². The molecule has 0 aliphatic carbocycles.